The number of hydrogen-bond donors (Lipinski definition) is 2. The molecular weight excluding hydrogens is 218 g/mol. The van der Waals surface area contributed by atoms with E-state index in [1.165, 1.54) is 4.52 Å². The van der Waals surface area contributed by atoms with Gasteiger partial charge in [0.15, 0.2) is 5.65 Å². The van der Waals surface area contributed by atoms with Crippen LogP contribution in [0.2, 0.25) is 0 Å². The van der Waals surface area contributed by atoms with Crippen LogP contribution in [-0.2, 0) is 0 Å². The molecule has 1 unspecified atom stereocenters. The minimum Gasteiger partial charge on any atom is -0.365 e. The molecule has 0 saturated heterocycles. The molecule has 0 spiro atoms. The van der Waals surface area contributed by atoms with Crippen molar-refractivity contribution in [1.29, 1.82) is 0 Å². The molecule has 0 saturated carbocycles. The van der Waals surface area contributed by atoms with Crippen LogP contribution < -0.4 is 11.0 Å². The smallest absolute Gasteiger partial charge is 0.364 e. The fourth-order valence-electron chi connectivity index (χ4n) is 1.17. The summed E-state index contributed by atoms with van der Waals surface area (Å²) in [5.74, 6) is 1.07. The fraction of sp³-hybridized carbons (Fsp3) is 0.375. The Morgan fingerprint density at radius 1 is 1.67 bits per heavy atom. The Hall–Kier alpha value is -1.56. The summed E-state index contributed by atoms with van der Waals surface area (Å²) < 4.78 is 1.20. The number of nitrogens with zero attached hydrogens (tertiary/aromatic N) is 3. The van der Waals surface area contributed by atoms with Crippen LogP contribution in [0.4, 0.5) is 5.82 Å². The normalized spacial score (nSPS) is 12.9. The molecule has 0 amide bonds. The lowest BCUT2D eigenvalue weighted by Crippen LogP contribution is -2.20. The quantitative estimate of drug-likeness (QED) is 0.747. The summed E-state index contributed by atoms with van der Waals surface area (Å²) in [5, 5.41) is 13.2. The second-order valence-corrected chi connectivity index (χ2v) is 3.53. The lowest BCUT2D eigenvalue weighted by Gasteiger charge is -2.10. The summed E-state index contributed by atoms with van der Waals surface area (Å²) in [7, 11) is 0. The Morgan fingerprint density at radius 3 is 3.20 bits per heavy atom. The topological polar surface area (TPSA) is 75.1 Å². The standard InChI is InChI=1S/C8H10ClN5O/c1-5(4-9)10-6-2-3-7-11-12-8(15)14(7)13-6/h2-3,5H,4H2,1H3,(H,10,13)(H,12,15). The number of rotatable bonds is 3. The lowest BCUT2D eigenvalue weighted by atomic mass is 10.4. The first kappa shape index (κ1) is 9.97. The van der Waals surface area contributed by atoms with E-state index in [-0.39, 0.29) is 11.7 Å². The minimum atomic E-state index is -0.354. The molecule has 15 heavy (non-hydrogen) atoms. The number of H-pyrrole nitrogens is 1. The third-order valence-corrected chi connectivity index (χ3v) is 2.36. The Balaban J connectivity index is 2.37. The predicted molar refractivity (Wildman–Crippen MR) is 57.4 cm³/mol. The lowest BCUT2D eigenvalue weighted by molar-refractivity contribution is 0.841. The van der Waals surface area contributed by atoms with E-state index in [0.29, 0.717) is 17.3 Å². The second-order valence-electron chi connectivity index (χ2n) is 3.22. The Bertz CT molecular complexity index is 519. The van der Waals surface area contributed by atoms with Crippen LogP contribution in [0.3, 0.4) is 0 Å². The minimum absolute atomic E-state index is 0.0965. The first-order chi connectivity index (χ1) is 7.20. The summed E-state index contributed by atoms with van der Waals surface area (Å²) in [6.45, 7) is 1.93. The number of nitrogens with one attached hydrogen (secondary N) is 2. The van der Waals surface area contributed by atoms with Gasteiger partial charge in [0.2, 0.25) is 0 Å². The van der Waals surface area contributed by atoms with Gasteiger partial charge >= 0.3 is 5.69 Å². The van der Waals surface area contributed by atoms with Crippen LogP contribution in [-0.4, -0.2) is 31.7 Å². The number of fused-ring (bicyclic) bond motifs is 1. The molecule has 0 aliphatic rings. The van der Waals surface area contributed by atoms with Crippen molar-refractivity contribution in [2.24, 2.45) is 0 Å². The molecule has 6 nitrogen and oxygen atoms in total. The molecule has 2 aromatic rings. The van der Waals surface area contributed by atoms with Gasteiger partial charge < -0.3 is 5.32 Å². The third-order valence-electron chi connectivity index (χ3n) is 1.90. The van der Waals surface area contributed by atoms with Gasteiger partial charge in [0.25, 0.3) is 0 Å². The number of hydrogen-bond acceptors (Lipinski definition) is 4. The molecule has 0 aliphatic heterocycles. The van der Waals surface area contributed by atoms with E-state index >= 15 is 0 Å². The first-order valence-electron chi connectivity index (χ1n) is 4.47. The molecule has 0 aliphatic carbocycles. The molecular formula is C8H10ClN5O. The van der Waals surface area contributed by atoms with Crippen molar-refractivity contribution in [3.05, 3.63) is 22.6 Å². The van der Waals surface area contributed by atoms with Crippen molar-refractivity contribution < 1.29 is 0 Å². The van der Waals surface area contributed by atoms with Crippen molar-refractivity contribution in [3.63, 3.8) is 0 Å². The monoisotopic (exact) mass is 227 g/mol. The van der Waals surface area contributed by atoms with Crippen molar-refractivity contribution in [1.82, 2.24) is 19.8 Å². The summed E-state index contributed by atoms with van der Waals surface area (Å²) in [5.41, 5.74) is 0.135. The molecule has 7 heteroatoms. The van der Waals surface area contributed by atoms with Crippen LogP contribution in [0.15, 0.2) is 16.9 Å². The molecule has 2 heterocycles. The fourth-order valence-corrected chi connectivity index (χ4v) is 1.25. The van der Waals surface area contributed by atoms with Gasteiger partial charge in [-0.15, -0.1) is 16.7 Å². The van der Waals surface area contributed by atoms with Gasteiger partial charge in [-0.25, -0.2) is 9.89 Å². The summed E-state index contributed by atoms with van der Waals surface area (Å²) in [4.78, 5) is 11.2. The summed E-state index contributed by atoms with van der Waals surface area (Å²) >= 11 is 5.65. The zero-order valence-corrected chi connectivity index (χ0v) is 8.82. The Kier molecular flexibility index (Phi) is 2.59. The van der Waals surface area contributed by atoms with Gasteiger partial charge in [0.05, 0.1) is 0 Å². The molecule has 80 valence electrons. The van der Waals surface area contributed by atoms with Crippen LogP contribution in [0.25, 0.3) is 5.65 Å². The molecule has 2 N–H and O–H groups in total. The van der Waals surface area contributed by atoms with Crippen molar-refractivity contribution in [2.45, 2.75) is 13.0 Å². The zero-order valence-electron chi connectivity index (χ0n) is 8.07. The van der Waals surface area contributed by atoms with E-state index in [2.05, 4.69) is 20.6 Å². The van der Waals surface area contributed by atoms with Crippen LogP contribution in [0.5, 0.6) is 0 Å². The highest BCUT2D eigenvalue weighted by molar-refractivity contribution is 6.18. The van der Waals surface area contributed by atoms with E-state index in [9.17, 15) is 4.79 Å². The van der Waals surface area contributed by atoms with Gasteiger partial charge in [-0.2, -0.15) is 9.61 Å². The Morgan fingerprint density at radius 2 is 2.47 bits per heavy atom. The predicted octanol–water partition coefficient (Wildman–Crippen LogP) is 0.457. The number of aromatic amines is 1. The molecule has 2 rings (SSSR count). The number of alkyl halides is 1. The van der Waals surface area contributed by atoms with Gasteiger partial charge in [-0.1, -0.05) is 0 Å². The van der Waals surface area contributed by atoms with Crippen LogP contribution in [0, 0.1) is 0 Å². The number of halogens is 1. The highest BCUT2D eigenvalue weighted by atomic mass is 35.5. The first-order valence-corrected chi connectivity index (χ1v) is 5.01. The third kappa shape index (κ3) is 1.94. The molecule has 0 bridgehead atoms. The Labute approximate surface area is 90.3 Å². The van der Waals surface area contributed by atoms with Gasteiger partial charge in [-0.3, -0.25) is 0 Å². The van der Waals surface area contributed by atoms with Crippen molar-refractivity contribution in [2.75, 3.05) is 11.2 Å². The van der Waals surface area contributed by atoms with E-state index in [0.717, 1.165) is 0 Å². The average Bonchev–Trinajstić information content (AvgIpc) is 2.60. The maximum atomic E-state index is 11.2. The zero-order chi connectivity index (χ0) is 10.8. The van der Waals surface area contributed by atoms with E-state index < -0.39 is 0 Å². The van der Waals surface area contributed by atoms with Crippen molar-refractivity contribution >= 4 is 23.1 Å². The van der Waals surface area contributed by atoms with Crippen molar-refractivity contribution in [3.8, 4) is 0 Å². The molecule has 0 aromatic carbocycles. The highest BCUT2D eigenvalue weighted by Crippen LogP contribution is 2.05. The summed E-state index contributed by atoms with van der Waals surface area (Å²) in [6, 6.07) is 3.55. The molecule has 2 aromatic heterocycles. The summed E-state index contributed by atoms with van der Waals surface area (Å²) in [6.07, 6.45) is 0. The van der Waals surface area contributed by atoms with Gasteiger partial charge in [-0.05, 0) is 19.1 Å². The SMILES string of the molecule is CC(CCl)Nc1ccc2n[nH]c(=O)n2n1. The van der Waals surface area contributed by atoms with Crippen LogP contribution in [0.1, 0.15) is 6.92 Å². The van der Waals surface area contributed by atoms with Gasteiger partial charge in [0, 0.05) is 11.9 Å². The number of aromatic nitrogens is 4. The number of anilines is 1. The van der Waals surface area contributed by atoms with E-state index in [4.69, 9.17) is 11.6 Å². The average molecular weight is 228 g/mol. The van der Waals surface area contributed by atoms with E-state index in [1.807, 2.05) is 6.92 Å². The maximum absolute atomic E-state index is 11.2. The van der Waals surface area contributed by atoms with Crippen LogP contribution >= 0.6 is 11.6 Å². The van der Waals surface area contributed by atoms with Gasteiger partial charge in [0.1, 0.15) is 5.82 Å². The second kappa shape index (κ2) is 3.90. The maximum Gasteiger partial charge on any atom is 0.364 e. The molecule has 1 atom stereocenters. The molecule has 0 fully saturated rings. The highest BCUT2D eigenvalue weighted by Gasteiger charge is 2.04. The van der Waals surface area contributed by atoms with E-state index in [1.54, 1.807) is 12.1 Å². The largest absolute Gasteiger partial charge is 0.365 e. The molecule has 0 radical (unpaired) electrons.